The third-order valence-electron chi connectivity index (χ3n) is 2.70. The van der Waals surface area contributed by atoms with Crippen LogP contribution in [-0.2, 0) is 24.0 Å². The van der Waals surface area contributed by atoms with E-state index in [9.17, 15) is 24.0 Å². The standard InChI is InChI=1S/C12H21N5O8/c13-1-8(20)16-6(4-18)11(23)15-2-9(21)14-3-10(22)17-7(5-19)12(24)25/h6-7,18-19H,1-5,13H2,(H,14,21)(H,15,23)(H,16,20)(H,17,22)(H,24,25)/t6-,7-/m0/s1. The monoisotopic (exact) mass is 363 g/mol. The predicted molar refractivity (Wildman–Crippen MR) is 80.7 cm³/mol. The Hall–Kier alpha value is -2.77. The molecule has 2 atom stereocenters. The molecule has 0 aromatic heterocycles. The Kier molecular flexibility index (Phi) is 10.4. The van der Waals surface area contributed by atoms with Crippen LogP contribution < -0.4 is 27.0 Å². The fourth-order valence-corrected chi connectivity index (χ4v) is 1.41. The molecule has 0 aromatic carbocycles. The lowest BCUT2D eigenvalue weighted by atomic mass is 10.3. The number of rotatable bonds is 11. The van der Waals surface area contributed by atoms with Crippen LogP contribution in [-0.4, -0.2) is 89.8 Å². The van der Waals surface area contributed by atoms with Crippen molar-refractivity contribution in [3.63, 3.8) is 0 Å². The topological polar surface area (TPSA) is 220 Å². The van der Waals surface area contributed by atoms with Gasteiger partial charge in [-0.2, -0.15) is 0 Å². The number of aliphatic hydroxyl groups excluding tert-OH is 2. The number of aliphatic hydroxyl groups is 2. The van der Waals surface area contributed by atoms with Gasteiger partial charge in [0.1, 0.15) is 12.1 Å². The molecule has 13 nitrogen and oxygen atoms in total. The maximum Gasteiger partial charge on any atom is 0.328 e. The fourth-order valence-electron chi connectivity index (χ4n) is 1.41. The molecule has 0 aliphatic heterocycles. The van der Waals surface area contributed by atoms with Crippen molar-refractivity contribution in [3.05, 3.63) is 0 Å². The molecule has 0 spiro atoms. The van der Waals surface area contributed by atoms with Gasteiger partial charge in [-0.15, -0.1) is 0 Å². The molecule has 0 aliphatic carbocycles. The van der Waals surface area contributed by atoms with Gasteiger partial charge < -0.3 is 42.3 Å². The highest BCUT2D eigenvalue weighted by Crippen LogP contribution is 1.84. The van der Waals surface area contributed by atoms with E-state index >= 15 is 0 Å². The normalized spacial score (nSPS) is 12.4. The first kappa shape index (κ1) is 22.2. The zero-order valence-corrected chi connectivity index (χ0v) is 13.2. The van der Waals surface area contributed by atoms with Crippen molar-refractivity contribution in [3.8, 4) is 0 Å². The largest absolute Gasteiger partial charge is 0.480 e. The third-order valence-corrected chi connectivity index (χ3v) is 2.70. The van der Waals surface area contributed by atoms with E-state index in [4.69, 9.17) is 21.1 Å². The van der Waals surface area contributed by atoms with Crippen LogP contribution in [0.1, 0.15) is 0 Å². The van der Waals surface area contributed by atoms with Crippen LogP contribution in [0.25, 0.3) is 0 Å². The Bertz CT molecular complexity index is 512. The van der Waals surface area contributed by atoms with Gasteiger partial charge in [-0.25, -0.2) is 4.79 Å². The van der Waals surface area contributed by atoms with E-state index in [1.54, 1.807) is 0 Å². The highest BCUT2D eigenvalue weighted by Gasteiger charge is 2.21. The summed E-state index contributed by atoms with van der Waals surface area (Å²) >= 11 is 0. The summed E-state index contributed by atoms with van der Waals surface area (Å²) in [6.45, 7) is -3.04. The Morgan fingerprint density at radius 3 is 1.80 bits per heavy atom. The molecule has 25 heavy (non-hydrogen) atoms. The van der Waals surface area contributed by atoms with Crippen LogP contribution in [0.2, 0.25) is 0 Å². The molecule has 9 N–H and O–H groups in total. The van der Waals surface area contributed by atoms with Gasteiger partial charge in [0, 0.05) is 0 Å². The maximum absolute atomic E-state index is 11.6. The van der Waals surface area contributed by atoms with Crippen LogP contribution in [0.4, 0.5) is 0 Å². The predicted octanol–water partition coefficient (Wildman–Crippen LogP) is -5.78. The number of carbonyl (C=O) groups excluding carboxylic acids is 4. The van der Waals surface area contributed by atoms with Crippen molar-refractivity contribution in [2.45, 2.75) is 12.1 Å². The lowest BCUT2D eigenvalue weighted by Crippen LogP contribution is -2.52. The number of carbonyl (C=O) groups is 5. The minimum atomic E-state index is -1.50. The van der Waals surface area contributed by atoms with E-state index in [1.807, 2.05) is 5.32 Å². The van der Waals surface area contributed by atoms with Crippen LogP contribution >= 0.6 is 0 Å². The molecule has 0 aliphatic rings. The first-order chi connectivity index (χ1) is 11.7. The second-order valence-corrected chi connectivity index (χ2v) is 4.64. The Morgan fingerprint density at radius 2 is 1.32 bits per heavy atom. The fraction of sp³-hybridized carbons (Fsp3) is 0.583. The van der Waals surface area contributed by atoms with Gasteiger partial charge >= 0.3 is 5.97 Å². The summed E-state index contributed by atoms with van der Waals surface area (Å²) in [5.41, 5.74) is 5.05. The molecule has 0 radical (unpaired) electrons. The van der Waals surface area contributed by atoms with Crippen molar-refractivity contribution >= 4 is 29.6 Å². The van der Waals surface area contributed by atoms with Crippen molar-refractivity contribution in [1.82, 2.24) is 21.3 Å². The number of hydrogen-bond donors (Lipinski definition) is 8. The molecule has 0 saturated heterocycles. The molecule has 0 aromatic rings. The number of nitrogens with one attached hydrogen (secondary N) is 4. The summed E-state index contributed by atoms with van der Waals surface area (Å²) < 4.78 is 0. The van der Waals surface area contributed by atoms with E-state index in [-0.39, 0.29) is 6.54 Å². The molecule has 0 saturated carbocycles. The average Bonchev–Trinajstić information content (AvgIpc) is 2.59. The molecule has 0 fully saturated rings. The Balaban J connectivity index is 4.21. The van der Waals surface area contributed by atoms with Crippen LogP contribution in [0.3, 0.4) is 0 Å². The quantitative estimate of drug-likeness (QED) is 0.175. The summed E-state index contributed by atoms with van der Waals surface area (Å²) in [5.74, 6) is -4.59. The van der Waals surface area contributed by atoms with E-state index in [0.717, 1.165) is 0 Å². The molecule has 0 unspecified atom stereocenters. The van der Waals surface area contributed by atoms with Gasteiger partial charge in [-0.1, -0.05) is 0 Å². The van der Waals surface area contributed by atoms with Crippen molar-refractivity contribution in [2.24, 2.45) is 5.73 Å². The number of carboxylic acids is 1. The Labute approximate surface area is 141 Å². The molecule has 4 amide bonds. The zero-order chi connectivity index (χ0) is 19.4. The van der Waals surface area contributed by atoms with Crippen molar-refractivity contribution < 1.29 is 39.3 Å². The molecule has 0 heterocycles. The minimum Gasteiger partial charge on any atom is -0.480 e. The molecule has 0 bridgehead atoms. The van der Waals surface area contributed by atoms with Gasteiger partial charge in [-0.3, -0.25) is 19.2 Å². The third kappa shape index (κ3) is 9.19. The van der Waals surface area contributed by atoms with Gasteiger partial charge in [0.25, 0.3) is 0 Å². The highest BCUT2D eigenvalue weighted by atomic mass is 16.4. The maximum atomic E-state index is 11.6. The molecular weight excluding hydrogens is 342 g/mol. The minimum absolute atomic E-state index is 0.384. The van der Waals surface area contributed by atoms with E-state index in [2.05, 4.69) is 16.0 Å². The number of nitrogens with two attached hydrogens (primary N) is 1. The van der Waals surface area contributed by atoms with Crippen LogP contribution in [0, 0.1) is 0 Å². The number of hydrogen-bond acceptors (Lipinski definition) is 8. The SMILES string of the molecule is NCC(=O)N[C@@H](CO)C(=O)NCC(=O)NCC(=O)N[C@@H](CO)C(=O)O. The molecule has 0 rings (SSSR count). The lowest BCUT2D eigenvalue weighted by molar-refractivity contribution is -0.142. The first-order valence-electron chi connectivity index (χ1n) is 7.02. The zero-order valence-electron chi connectivity index (χ0n) is 13.2. The highest BCUT2D eigenvalue weighted by molar-refractivity contribution is 5.92. The smallest absolute Gasteiger partial charge is 0.328 e. The second-order valence-electron chi connectivity index (χ2n) is 4.64. The second kappa shape index (κ2) is 11.7. The van der Waals surface area contributed by atoms with E-state index < -0.39 is 68.0 Å². The number of aliphatic carboxylic acids is 1. The first-order valence-corrected chi connectivity index (χ1v) is 7.02. The van der Waals surface area contributed by atoms with Gasteiger partial charge in [0.2, 0.25) is 23.6 Å². The van der Waals surface area contributed by atoms with E-state index in [1.165, 1.54) is 0 Å². The summed E-state index contributed by atoms with van der Waals surface area (Å²) in [5, 5.41) is 34.7. The van der Waals surface area contributed by atoms with Crippen LogP contribution in [0.15, 0.2) is 0 Å². The van der Waals surface area contributed by atoms with Crippen molar-refractivity contribution in [2.75, 3.05) is 32.8 Å². The molecule has 13 heteroatoms. The molecule has 142 valence electrons. The average molecular weight is 363 g/mol. The van der Waals surface area contributed by atoms with E-state index in [0.29, 0.717) is 0 Å². The van der Waals surface area contributed by atoms with Gasteiger partial charge in [0.05, 0.1) is 32.8 Å². The van der Waals surface area contributed by atoms with Gasteiger partial charge in [0.15, 0.2) is 0 Å². The lowest BCUT2D eigenvalue weighted by Gasteiger charge is -2.15. The summed E-state index contributed by atoms with van der Waals surface area (Å²) in [4.78, 5) is 56.2. The summed E-state index contributed by atoms with van der Waals surface area (Å²) in [7, 11) is 0. The van der Waals surface area contributed by atoms with Gasteiger partial charge in [-0.05, 0) is 0 Å². The molecular formula is C12H21N5O8. The Morgan fingerprint density at radius 1 is 0.800 bits per heavy atom. The summed E-state index contributed by atoms with van der Waals surface area (Å²) in [6, 6.07) is -2.78. The van der Waals surface area contributed by atoms with Crippen LogP contribution in [0.5, 0.6) is 0 Å². The number of amides is 4. The number of carboxylic acid groups (broad SMARTS) is 1. The van der Waals surface area contributed by atoms with Crippen molar-refractivity contribution in [1.29, 1.82) is 0 Å². The summed E-state index contributed by atoms with van der Waals surface area (Å²) in [6.07, 6.45) is 0.